The van der Waals surface area contributed by atoms with E-state index in [0.717, 1.165) is 5.69 Å². The van der Waals surface area contributed by atoms with Crippen LogP contribution in [0.2, 0.25) is 0 Å². The van der Waals surface area contributed by atoms with E-state index in [4.69, 9.17) is 10.5 Å². The molecule has 0 aliphatic rings. The van der Waals surface area contributed by atoms with Crippen LogP contribution < -0.4 is 11.1 Å². The highest BCUT2D eigenvalue weighted by Crippen LogP contribution is 2.27. The Balaban J connectivity index is 1.80. The number of nitrogens with zero attached hydrogens (tertiary/aromatic N) is 4. The molecule has 4 rings (SSSR count). The van der Waals surface area contributed by atoms with Gasteiger partial charge in [-0.25, -0.2) is 9.37 Å². The van der Waals surface area contributed by atoms with Crippen molar-refractivity contribution in [3.8, 4) is 0 Å². The molecule has 0 spiro atoms. The first-order valence-electron chi connectivity index (χ1n) is 9.26. The standard InChI is InChI=1S/C20H20FN7O2/c1-11-10-15(27-26-11)23-20-25-18(24-16-4-3-9-28(16)20)17(30-19(29)12(2)22)13-5-7-14(21)8-6-13/h3-10,12,17H,22H2,1-2H3,(H2,23,24,25,26,27)/t12?,17-/m0/s1. The maximum atomic E-state index is 13.4. The van der Waals surface area contributed by atoms with E-state index in [1.165, 1.54) is 31.2 Å². The first-order chi connectivity index (χ1) is 14.4. The van der Waals surface area contributed by atoms with Crippen LogP contribution in [-0.2, 0) is 9.53 Å². The number of aromatic nitrogens is 5. The highest BCUT2D eigenvalue weighted by molar-refractivity contribution is 5.75. The molecule has 0 saturated heterocycles. The predicted octanol–water partition coefficient (Wildman–Crippen LogP) is 2.62. The quantitative estimate of drug-likeness (QED) is 0.418. The van der Waals surface area contributed by atoms with Gasteiger partial charge in [0.25, 0.3) is 0 Å². The van der Waals surface area contributed by atoms with Crippen LogP contribution in [0.5, 0.6) is 0 Å². The molecule has 9 nitrogen and oxygen atoms in total. The van der Waals surface area contributed by atoms with E-state index in [1.807, 2.05) is 19.1 Å². The smallest absolute Gasteiger partial charge is 0.323 e. The lowest BCUT2D eigenvalue weighted by Crippen LogP contribution is -2.30. The Hall–Kier alpha value is -3.79. The summed E-state index contributed by atoms with van der Waals surface area (Å²) in [5.74, 6) is 0.181. The van der Waals surface area contributed by atoms with Gasteiger partial charge in [0.05, 0.1) is 0 Å². The SMILES string of the molecule is Cc1cc(Nc2nc([C@@H](OC(=O)C(C)N)c3ccc(F)cc3)nc3cccn23)n[nH]1. The van der Waals surface area contributed by atoms with Gasteiger partial charge in [0.2, 0.25) is 5.95 Å². The van der Waals surface area contributed by atoms with Crippen LogP contribution in [0.1, 0.15) is 30.1 Å². The summed E-state index contributed by atoms with van der Waals surface area (Å²) in [7, 11) is 0. The molecule has 0 saturated carbocycles. The molecule has 1 unspecified atom stereocenters. The van der Waals surface area contributed by atoms with Gasteiger partial charge in [-0.15, -0.1) is 0 Å². The van der Waals surface area contributed by atoms with Crippen LogP contribution in [0, 0.1) is 12.7 Å². The van der Waals surface area contributed by atoms with Gasteiger partial charge < -0.3 is 15.8 Å². The number of ether oxygens (including phenoxy) is 1. The first-order valence-corrected chi connectivity index (χ1v) is 9.26. The molecule has 0 radical (unpaired) electrons. The summed E-state index contributed by atoms with van der Waals surface area (Å²) in [5.41, 5.74) is 7.65. The van der Waals surface area contributed by atoms with Gasteiger partial charge in [-0.1, -0.05) is 12.1 Å². The monoisotopic (exact) mass is 409 g/mol. The summed E-state index contributed by atoms with van der Waals surface area (Å²) in [4.78, 5) is 21.3. The molecule has 0 amide bonds. The molecule has 0 bridgehead atoms. The topological polar surface area (TPSA) is 123 Å². The molecule has 2 atom stereocenters. The number of halogens is 1. The zero-order chi connectivity index (χ0) is 21.3. The fourth-order valence-electron chi connectivity index (χ4n) is 2.88. The number of benzene rings is 1. The molecule has 4 aromatic rings. The molecule has 3 heterocycles. The molecule has 154 valence electrons. The lowest BCUT2D eigenvalue weighted by atomic mass is 10.1. The molecule has 3 aromatic heterocycles. The number of H-pyrrole nitrogens is 1. The average molecular weight is 409 g/mol. The number of esters is 1. The first kappa shape index (κ1) is 19.5. The van der Waals surface area contributed by atoms with Crippen molar-refractivity contribution >= 4 is 23.4 Å². The number of hydrogen-bond donors (Lipinski definition) is 3. The van der Waals surface area contributed by atoms with Crippen LogP contribution in [-0.4, -0.2) is 36.6 Å². The van der Waals surface area contributed by atoms with Gasteiger partial charge in [-0.3, -0.25) is 14.3 Å². The molecule has 0 aliphatic heterocycles. The van der Waals surface area contributed by atoms with E-state index in [0.29, 0.717) is 23.0 Å². The lowest BCUT2D eigenvalue weighted by Gasteiger charge is -2.19. The summed E-state index contributed by atoms with van der Waals surface area (Å²) in [6.07, 6.45) is 0.826. The number of fused-ring (bicyclic) bond motifs is 1. The number of nitrogens with two attached hydrogens (primary N) is 1. The Morgan fingerprint density at radius 3 is 2.70 bits per heavy atom. The molecule has 0 aliphatic carbocycles. The number of aryl methyl sites for hydroxylation is 1. The van der Waals surface area contributed by atoms with E-state index in [9.17, 15) is 9.18 Å². The zero-order valence-electron chi connectivity index (χ0n) is 16.3. The fraction of sp³-hybridized carbons (Fsp3) is 0.200. The number of anilines is 2. The van der Waals surface area contributed by atoms with Crippen molar-refractivity contribution in [2.75, 3.05) is 5.32 Å². The van der Waals surface area contributed by atoms with Crippen molar-refractivity contribution in [1.29, 1.82) is 0 Å². The summed E-state index contributed by atoms with van der Waals surface area (Å²) < 4.78 is 20.8. The van der Waals surface area contributed by atoms with Crippen molar-refractivity contribution in [3.05, 3.63) is 71.6 Å². The van der Waals surface area contributed by atoms with Gasteiger partial charge in [0, 0.05) is 23.5 Å². The third-order valence-electron chi connectivity index (χ3n) is 4.36. The highest BCUT2D eigenvalue weighted by Gasteiger charge is 2.25. The Morgan fingerprint density at radius 1 is 1.27 bits per heavy atom. The minimum Gasteiger partial charge on any atom is -0.448 e. The second-order valence-electron chi connectivity index (χ2n) is 6.86. The third kappa shape index (κ3) is 3.98. The minimum absolute atomic E-state index is 0.219. The van der Waals surface area contributed by atoms with Crippen LogP contribution in [0.3, 0.4) is 0 Å². The summed E-state index contributed by atoms with van der Waals surface area (Å²) in [6.45, 7) is 3.40. The van der Waals surface area contributed by atoms with Gasteiger partial charge in [-0.05, 0) is 38.1 Å². The Morgan fingerprint density at radius 2 is 2.03 bits per heavy atom. The van der Waals surface area contributed by atoms with Crippen LogP contribution in [0.15, 0.2) is 48.7 Å². The predicted molar refractivity (Wildman–Crippen MR) is 108 cm³/mol. The van der Waals surface area contributed by atoms with Crippen LogP contribution in [0.25, 0.3) is 5.65 Å². The molecule has 1 aromatic carbocycles. The van der Waals surface area contributed by atoms with E-state index < -0.39 is 23.9 Å². The normalized spacial score (nSPS) is 13.2. The summed E-state index contributed by atoms with van der Waals surface area (Å²) in [5, 5.41) is 10.1. The maximum absolute atomic E-state index is 13.4. The van der Waals surface area contributed by atoms with Crippen molar-refractivity contribution in [2.24, 2.45) is 5.73 Å². The van der Waals surface area contributed by atoms with Gasteiger partial charge >= 0.3 is 5.97 Å². The number of aromatic amines is 1. The van der Waals surface area contributed by atoms with E-state index in [-0.39, 0.29) is 5.82 Å². The molecule has 0 fully saturated rings. The van der Waals surface area contributed by atoms with Crippen molar-refractivity contribution in [2.45, 2.75) is 26.0 Å². The Bertz CT molecular complexity index is 1180. The Kier molecular flexibility index (Phi) is 5.15. The van der Waals surface area contributed by atoms with Gasteiger partial charge in [0.1, 0.15) is 17.5 Å². The number of nitrogens with one attached hydrogen (secondary N) is 2. The van der Waals surface area contributed by atoms with E-state index >= 15 is 0 Å². The fourth-order valence-corrected chi connectivity index (χ4v) is 2.88. The minimum atomic E-state index is -0.967. The maximum Gasteiger partial charge on any atom is 0.323 e. The van der Waals surface area contributed by atoms with Gasteiger partial charge in [-0.2, -0.15) is 10.1 Å². The average Bonchev–Trinajstić information content (AvgIpc) is 3.35. The number of hydrogen-bond acceptors (Lipinski definition) is 7. The van der Waals surface area contributed by atoms with Crippen LogP contribution >= 0.6 is 0 Å². The van der Waals surface area contributed by atoms with Crippen molar-refractivity contribution < 1.29 is 13.9 Å². The Labute approximate surface area is 171 Å². The number of carbonyl (C=O) groups excluding carboxylic acids is 1. The van der Waals surface area contributed by atoms with E-state index in [2.05, 4.69) is 25.5 Å². The van der Waals surface area contributed by atoms with Gasteiger partial charge in [0.15, 0.2) is 17.7 Å². The summed E-state index contributed by atoms with van der Waals surface area (Å²) >= 11 is 0. The summed E-state index contributed by atoms with van der Waals surface area (Å²) in [6, 6.07) is 10.2. The lowest BCUT2D eigenvalue weighted by molar-refractivity contribution is -0.149. The van der Waals surface area contributed by atoms with Crippen molar-refractivity contribution in [3.63, 3.8) is 0 Å². The molecule has 10 heteroatoms. The molecule has 4 N–H and O–H groups in total. The number of rotatable bonds is 6. The second-order valence-corrected chi connectivity index (χ2v) is 6.86. The molecule has 30 heavy (non-hydrogen) atoms. The number of carbonyl (C=O) groups is 1. The second kappa shape index (κ2) is 7.91. The zero-order valence-corrected chi connectivity index (χ0v) is 16.3. The highest BCUT2D eigenvalue weighted by atomic mass is 19.1. The van der Waals surface area contributed by atoms with Crippen LogP contribution in [0.4, 0.5) is 16.2 Å². The molecular weight excluding hydrogens is 389 g/mol. The largest absolute Gasteiger partial charge is 0.448 e. The van der Waals surface area contributed by atoms with Crippen molar-refractivity contribution in [1.82, 2.24) is 24.6 Å². The third-order valence-corrected chi connectivity index (χ3v) is 4.36. The molecular formula is C20H20FN7O2. The van der Waals surface area contributed by atoms with E-state index in [1.54, 1.807) is 16.7 Å².